The van der Waals surface area contributed by atoms with Gasteiger partial charge in [-0.05, 0) is 65.7 Å². The van der Waals surface area contributed by atoms with Crippen molar-refractivity contribution in [3.05, 3.63) is 0 Å². The van der Waals surface area contributed by atoms with E-state index in [1.165, 1.54) is 0 Å². The number of rotatable bonds is 18. The van der Waals surface area contributed by atoms with E-state index in [0.29, 0.717) is 44.0 Å². The number of thioether (sulfide) groups is 1. The van der Waals surface area contributed by atoms with Crippen LogP contribution in [-0.4, -0.2) is 82.8 Å². The molecule has 2 heterocycles. The molecule has 0 aromatic rings. The van der Waals surface area contributed by atoms with Crippen molar-refractivity contribution in [2.75, 3.05) is 18.8 Å². The first-order chi connectivity index (χ1) is 18.9. The van der Waals surface area contributed by atoms with Crippen LogP contribution in [0.15, 0.2) is 0 Å². The van der Waals surface area contributed by atoms with Crippen molar-refractivity contribution in [2.45, 2.75) is 120 Å². The number of ether oxygens (including phenoxy) is 1. The summed E-state index contributed by atoms with van der Waals surface area (Å²) in [5.74, 6) is -0.175. The number of hydrogen-bond acceptors (Lipinski definition) is 7. The average molecular weight is 586 g/mol. The predicted octanol–water partition coefficient (Wildman–Crippen LogP) is 2.65. The van der Waals surface area contributed by atoms with Crippen LogP contribution in [0.4, 0.5) is 9.59 Å². The van der Waals surface area contributed by atoms with E-state index in [9.17, 15) is 29.1 Å². The second kappa shape index (κ2) is 17.2. The molecule has 0 spiro atoms. The number of carbonyl (C=O) groups excluding carboxylic acids is 4. The normalized spacial score (nSPS) is 20.6. The Balaban J connectivity index is 1.40. The maximum atomic E-state index is 12.1. The molecular formula is C27H47N5O7S. The first-order valence-corrected chi connectivity index (χ1v) is 15.4. The number of unbranched alkanes of at least 4 members (excludes halogenated alkanes) is 4. The van der Waals surface area contributed by atoms with Crippen LogP contribution in [0.1, 0.15) is 91.4 Å². The standard InChI is InChI=1S/C27H47N5O7S/c1-27(2,3)39-26(38)31-18(24(35)36)11-8-10-16-29-21(33)13-5-4-9-15-28-22(34)14-7-6-12-20-23-19(17-40-20)30-25(37)32-23/h18-20,23H,4-17H2,1-3H3,(H,28,34)(H,29,33)(H,31,38)(H,35,36)(H2,30,32,37)/t18-,19-,20-,23-/m0/s1. The smallest absolute Gasteiger partial charge is 0.408 e. The van der Waals surface area contributed by atoms with E-state index in [1.54, 1.807) is 20.8 Å². The largest absolute Gasteiger partial charge is 0.480 e. The fourth-order valence-corrected chi connectivity index (χ4v) is 6.22. The topological polar surface area (TPSA) is 175 Å². The molecule has 0 radical (unpaired) electrons. The Hall–Kier alpha value is -2.70. The van der Waals surface area contributed by atoms with Gasteiger partial charge in [-0.2, -0.15) is 11.8 Å². The molecule has 6 N–H and O–H groups in total. The molecule has 2 rings (SSSR count). The first-order valence-electron chi connectivity index (χ1n) is 14.4. The molecule has 5 amide bonds. The zero-order valence-corrected chi connectivity index (χ0v) is 24.8. The van der Waals surface area contributed by atoms with Gasteiger partial charge in [-0.15, -0.1) is 0 Å². The summed E-state index contributed by atoms with van der Waals surface area (Å²) in [6.45, 7) is 6.16. The van der Waals surface area contributed by atoms with E-state index in [2.05, 4.69) is 26.6 Å². The number of alkyl carbamates (subject to hydrolysis) is 1. The Morgan fingerprint density at radius 2 is 1.57 bits per heavy atom. The number of hydrogen-bond donors (Lipinski definition) is 6. The number of fused-ring (bicyclic) bond motifs is 1. The molecule has 0 unspecified atom stereocenters. The number of aliphatic carboxylic acids is 1. The minimum atomic E-state index is -1.12. The van der Waals surface area contributed by atoms with Crippen molar-refractivity contribution >= 4 is 41.7 Å². The SMILES string of the molecule is CC(C)(C)OC(=O)N[C@@H](CCCCNC(=O)CCCCCNC(=O)CCCC[C@@H]1SC[C@@H]2NC(=O)N[C@@H]21)C(=O)O. The monoisotopic (exact) mass is 585 g/mol. The summed E-state index contributed by atoms with van der Waals surface area (Å²) in [6, 6.07) is -0.669. The third kappa shape index (κ3) is 13.6. The van der Waals surface area contributed by atoms with Gasteiger partial charge in [0, 0.05) is 36.9 Å². The molecule has 2 aliphatic heterocycles. The van der Waals surface area contributed by atoms with Crippen molar-refractivity contribution in [1.82, 2.24) is 26.6 Å². The summed E-state index contributed by atoms with van der Waals surface area (Å²) in [5.41, 5.74) is -0.708. The van der Waals surface area contributed by atoms with Gasteiger partial charge in [0.15, 0.2) is 0 Å². The van der Waals surface area contributed by atoms with E-state index in [-0.39, 0.29) is 36.3 Å². The summed E-state index contributed by atoms with van der Waals surface area (Å²) in [7, 11) is 0. The first kappa shape index (κ1) is 33.5. The molecule has 13 heteroatoms. The fourth-order valence-electron chi connectivity index (χ4n) is 4.67. The van der Waals surface area contributed by atoms with E-state index in [4.69, 9.17) is 4.74 Å². The second-order valence-corrected chi connectivity index (χ2v) is 12.7. The van der Waals surface area contributed by atoms with Gasteiger partial charge in [0.1, 0.15) is 11.6 Å². The molecule has 0 saturated carbocycles. The van der Waals surface area contributed by atoms with Crippen molar-refractivity contribution < 1.29 is 33.8 Å². The van der Waals surface area contributed by atoms with Crippen LogP contribution < -0.4 is 26.6 Å². The number of carbonyl (C=O) groups is 5. The molecule has 40 heavy (non-hydrogen) atoms. The second-order valence-electron chi connectivity index (χ2n) is 11.4. The van der Waals surface area contributed by atoms with Crippen molar-refractivity contribution in [3.63, 3.8) is 0 Å². The third-order valence-electron chi connectivity index (χ3n) is 6.71. The van der Waals surface area contributed by atoms with Gasteiger partial charge in [0.2, 0.25) is 11.8 Å². The quantitative estimate of drug-likeness (QED) is 0.105. The number of carboxylic acids is 1. The Labute approximate surface area is 241 Å². The molecule has 0 aromatic carbocycles. The minimum Gasteiger partial charge on any atom is -0.480 e. The van der Waals surface area contributed by atoms with Crippen molar-refractivity contribution in [2.24, 2.45) is 0 Å². The average Bonchev–Trinajstić information content (AvgIpc) is 3.40. The van der Waals surface area contributed by atoms with Gasteiger partial charge in [0.25, 0.3) is 0 Å². The molecule has 0 bridgehead atoms. The highest BCUT2D eigenvalue weighted by Gasteiger charge is 2.42. The lowest BCUT2D eigenvalue weighted by Gasteiger charge is -2.22. The van der Waals surface area contributed by atoms with Gasteiger partial charge in [-0.1, -0.05) is 12.8 Å². The maximum Gasteiger partial charge on any atom is 0.408 e. The summed E-state index contributed by atoms with van der Waals surface area (Å²) in [5, 5.41) is 23.8. The zero-order chi connectivity index (χ0) is 29.5. The predicted molar refractivity (Wildman–Crippen MR) is 153 cm³/mol. The highest BCUT2D eigenvalue weighted by atomic mass is 32.2. The highest BCUT2D eigenvalue weighted by molar-refractivity contribution is 8.00. The molecule has 12 nitrogen and oxygen atoms in total. The molecule has 4 atom stereocenters. The fraction of sp³-hybridized carbons (Fsp3) is 0.815. The van der Waals surface area contributed by atoms with E-state index in [0.717, 1.165) is 44.3 Å². The molecule has 0 aromatic heterocycles. The van der Waals surface area contributed by atoms with E-state index >= 15 is 0 Å². The van der Waals surface area contributed by atoms with E-state index < -0.39 is 23.7 Å². The van der Waals surface area contributed by atoms with Crippen LogP contribution in [-0.2, 0) is 19.1 Å². The summed E-state index contributed by atoms with van der Waals surface area (Å²) in [4.78, 5) is 58.7. The highest BCUT2D eigenvalue weighted by Crippen LogP contribution is 2.33. The Kier molecular flexibility index (Phi) is 14.4. The lowest BCUT2D eigenvalue weighted by atomic mass is 10.0. The molecule has 2 aliphatic rings. The van der Waals surface area contributed by atoms with Gasteiger partial charge in [-0.3, -0.25) is 9.59 Å². The summed E-state index contributed by atoms with van der Waals surface area (Å²) < 4.78 is 5.10. The zero-order valence-electron chi connectivity index (χ0n) is 24.0. The molecular weight excluding hydrogens is 538 g/mol. The molecule has 2 fully saturated rings. The minimum absolute atomic E-state index is 0.0506. The van der Waals surface area contributed by atoms with Crippen LogP contribution in [0.25, 0.3) is 0 Å². The van der Waals surface area contributed by atoms with Crippen LogP contribution in [0.3, 0.4) is 0 Å². The third-order valence-corrected chi connectivity index (χ3v) is 8.22. The lowest BCUT2D eigenvalue weighted by molar-refractivity contribution is -0.139. The lowest BCUT2D eigenvalue weighted by Crippen LogP contribution is -2.43. The van der Waals surface area contributed by atoms with Crippen molar-refractivity contribution in [1.29, 1.82) is 0 Å². The van der Waals surface area contributed by atoms with E-state index in [1.807, 2.05) is 11.8 Å². The number of amides is 5. The summed E-state index contributed by atoms with van der Waals surface area (Å²) >= 11 is 1.89. The van der Waals surface area contributed by atoms with Gasteiger partial charge >= 0.3 is 18.1 Å². The van der Waals surface area contributed by atoms with Gasteiger partial charge in [-0.25, -0.2) is 14.4 Å². The Morgan fingerprint density at radius 1 is 0.950 bits per heavy atom. The Bertz CT molecular complexity index is 867. The molecule has 2 saturated heterocycles. The maximum absolute atomic E-state index is 12.1. The number of nitrogens with one attached hydrogen (secondary N) is 5. The van der Waals surface area contributed by atoms with Crippen LogP contribution >= 0.6 is 11.8 Å². The summed E-state index contributed by atoms with van der Waals surface area (Å²) in [6.07, 6.45) is 6.70. The van der Waals surface area contributed by atoms with Crippen LogP contribution in [0, 0.1) is 0 Å². The van der Waals surface area contributed by atoms with Crippen molar-refractivity contribution in [3.8, 4) is 0 Å². The Morgan fingerprint density at radius 3 is 2.20 bits per heavy atom. The number of carboxylic acid groups (broad SMARTS) is 1. The van der Waals surface area contributed by atoms with Gasteiger partial charge in [0.05, 0.1) is 12.1 Å². The molecule has 228 valence electrons. The molecule has 0 aliphatic carbocycles. The van der Waals surface area contributed by atoms with Crippen LogP contribution in [0.2, 0.25) is 0 Å². The van der Waals surface area contributed by atoms with Gasteiger partial charge < -0.3 is 36.4 Å². The number of urea groups is 1. The van der Waals surface area contributed by atoms with Crippen LogP contribution in [0.5, 0.6) is 0 Å².